The third-order valence-electron chi connectivity index (χ3n) is 5.25. The van der Waals surface area contributed by atoms with Gasteiger partial charge in [0.2, 0.25) is 5.76 Å². The van der Waals surface area contributed by atoms with Gasteiger partial charge in [0.25, 0.3) is 5.91 Å². The fourth-order valence-electron chi connectivity index (χ4n) is 3.73. The first kappa shape index (κ1) is 17.6. The number of rotatable bonds is 4. The number of piperidine rings is 1. The summed E-state index contributed by atoms with van der Waals surface area (Å²) >= 11 is 0. The first-order valence-corrected chi connectivity index (χ1v) is 9.54. The lowest BCUT2D eigenvalue weighted by Crippen LogP contribution is -2.40. The average molecular weight is 367 g/mol. The molecule has 0 spiro atoms. The number of aromatic nitrogens is 2. The van der Waals surface area contributed by atoms with Crippen molar-refractivity contribution in [3.8, 4) is 0 Å². The summed E-state index contributed by atoms with van der Waals surface area (Å²) in [5.41, 5.74) is 3.50. The molecule has 27 heavy (non-hydrogen) atoms. The summed E-state index contributed by atoms with van der Waals surface area (Å²) in [6.07, 6.45) is 2.68. The van der Waals surface area contributed by atoms with Gasteiger partial charge < -0.3 is 14.4 Å². The molecule has 0 radical (unpaired) electrons. The number of carbonyl (C=O) groups is 1. The molecule has 2 aliphatic heterocycles. The summed E-state index contributed by atoms with van der Waals surface area (Å²) < 4.78 is 11.0. The zero-order chi connectivity index (χ0) is 18.6. The largest absolute Gasteiger partial charge is 0.491 e. The molecule has 0 bridgehead atoms. The molecule has 2 aromatic rings. The van der Waals surface area contributed by atoms with Crippen LogP contribution in [0.1, 0.15) is 42.6 Å². The molecule has 1 aromatic carbocycles. The number of aromatic amines is 1. The molecule has 2 aliphatic rings. The second kappa shape index (κ2) is 7.86. The van der Waals surface area contributed by atoms with E-state index in [9.17, 15) is 4.79 Å². The number of nitrogens with zero attached hydrogens (tertiary/aromatic N) is 2. The second-order valence-electron chi connectivity index (χ2n) is 7.13. The van der Waals surface area contributed by atoms with E-state index in [0.717, 1.165) is 30.7 Å². The number of nitrogens with one attached hydrogen (secondary N) is 1. The SMILES string of the molecule is CC1=C(C(=O)N2CCC(c3cc(Cc4ccccc4)[nH]n3)CC2)OCCO1. The van der Waals surface area contributed by atoms with Crippen molar-refractivity contribution >= 4 is 5.91 Å². The molecule has 1 aromatic heterocycles. The minimum Gasteiger partial charge on any atom is -0.491 e. The van der Waals surface area contributed by atoms with Crippen molar-refractivity contribution in [2.24, 2.45) is 0 Å². The van der Waals surface area contributed by atoms with E-state index in [-0.39, 0.29) is 5.91 Å². The summed E-state index contributed by atoms with van der Waals surface area (Å²) in [6.45, 7) is 4.16. The molecule has 0 aliphatic carbocycles. The van der Waals surface area contributed by atoms with Gasteiger partial charge in [-0.15, -0.1) is 0 Å². The van der Waals surface area contributed by atoms with Gasteiger partial charge in [0.15, 0.2) is 0 Å². The van der Waals surface area contributed by atoms with Crippen LogP contribution < -0.4 is 0 Å². The first-order valence-electron chi connectivity index (χ1n) is 9.54. The van der Waals surface area contributed by atoms with Crippen molar-refractivity contribution in [2.45, 2.75) is 32.1 Å². The van der Waals surface area contributed by atoms with E-state index in [0.29, 0.717) is 43.7 Å². The van der Waals surface area contributed by atoms with Gasteiger partial charge in [-0.1, -0.05) is 30.3 Å². The zero-order valence-electron chi connectivity index (χ0n) is 15.6. The van der Waals surface area contributed by atoms with E-state index in [1.807, 2.05) is 11.0 Å². The third-order valence-corrected chi connectivity index (χ3v) is 5.25. The van der Waals surface area contributed by atoms with E-state index < -0.39 is 0 Å². The van der Waals surface area contributed by atoms with E-state index in [4.69, 9.17) is 9.47 Å². The van der Waals surface area contributed by atoms with Crippen LogP contribution in [-0.4, -0.2) is 47.3 Å². The summed E-state index contributed by atoms with van der Waals surface area (Å²) in [5, 5.41) is 7.69. The predicted molar refractivity (Wildman–Crippen MR) is 101 cm³/mol. The Hall–Kier alpha value is -2.76. The molecule has 4 rings (SSSR count). The highest BCUT2D eigenvalue weighted by molar-refractivity contribution is 5.92. The number of likely N-dealkylation sites (tertiary alicyclic amines) is 1. The molecular weight excluding hydrogens is 342 g/mol. The van der Waals surface area contributed by atoms with Crippen molar-refractivity contribution in [3.05, 3.63) is 64.9 Å². The number of hydrogen-bond acceptors (Lipinski definition) is 4. The lowest BCUT2D eigenvalue weighted by Gasteiger charge is -2.32. The van der Waals surface area contributed by atoms with Crippen LogP contribution in [0.3, 0.4) is 0 Å². The Morgan fingerprint density at radius 2 is 1.93 bits per heavy atom. The van der Waals surface area contributed by atoms with Gasteiger partial charge in [0.05, 0.1) is 5.69 Å². The zero-order valence-corrected chi connectivity index (χ0v) is 15.6. The van der Waals surface area contributed by atoms with Crippen molar-refractivity contribution in [1.82, 2.24) is 15.1 Å². The number of H-pyrrole nitrogens is 1. The molecular formula is C21H25N3O3. The number of carbonyl (C=O) groups excluding carboxylic acids is 1. The number of allylic oxidation sites excluding steroid dienone is 1. The standard InChI is InChI=1S/C21H25N3O3/c1-15-20(27-12-11-26-15)21(25)24-9-7-17(8-10-24)19-14-18(22-23-19)13-16-5-3-2-4-6-16/h2-6,14,17H,7-13H2,1H3,(H,22,23). The van der Waals surface area contributed by atoms with Crippen molar-refractivity contribution < 1.29 is 14.3 Å². The molecule has 1 amide bonds. The minimum atomic E-state index is -0.0579. The Morgan fingerprint density at radius 1 is 1.19 bits per heavy atom. The second-order valence-corrected chi connectivity index (χ2v) is 7.13. The topological polar surface area (TPSA) is 67.5 Å². The minimum absolute atomic E-state index is 0.0579. The number of amides is 1. The van der Waals surface area contributed by atoms with Crippen molar-refractivity contribution in [1.29, 1.82) is 0 Å². The number of benzene rings is 1. The van der Waals surface area contributed by atoms with Crippen LogP contribution in [0.2, 0.25) is 0 Å². The monoisotopic (exact) mass is 367 g/mol. The fourth-order valence-corrected chi connectivity index (χ4v) is 3.73. The van der Waals surface area contributed by atoms with E-state index in [1.54, 1.807) is 6.92 Å². The smallest absolute Gasteiger partial charge is 0.292 e. The Kier molecular flexibility index (Phi) is 5.14. The lowest BCUT2D eigenvalue weighted by molar-refractivity contribution is -0.133. The average Bonchev–Trinajstić information content (AvgIpc) is 3.17. The summed E-state index contributed by atoms with van der Waals surface area (Å²) in [7, 11) is 0. The Morgan fingerprint density at radius 3 is 2.67 bits per heavy atom. The van der Waals surface area contributed by atoms with Gasteiger partial charge in [0.1, 0.15) is 19.0 Å². The Balaban J connectivity index is 1.35. The molecule has 0 atom stereocenters. The van der Waals surface area contributed by atoms with Crippen LogP contribution in [0.4, 0.5) is 0 Å². The summed E-state index contributed by atoms with van der Waals surface area (Å²) in [5.74, 6) is 1.28. The number of ether oxygens (including phenoxy) is 2. The maximum Gasteiger partial charge on any atom is 0.292 e. The highest BCUT2D eigenvalue weighted by Crippen LogP contribution is 2.29. The van der Waals surface area contributed by atoms with Crippen LogP contribution in [0.5, 0.6) is 0 Å². The third kappa shape index (κ3) is 3.99. The van der Waals surface area contributed by atoms with Gasteiger partial charge in [-0.3, -0.25) is 9.89 Å². The fraction of sp³-hybridized carbons (Fsp3) is 0.429. The Bertz CT molecular complexity index is 820. The van der Waals surface area contributed by atoms with Crippen LogP contribution in [0.25, 0.3) is 0 Å². The Labute approximate surface area is 159 Å². The quantitative estimate of drug-likeness (QED) is 0.902. The maximum absolute atomic E-state index is 12.7. The number of hydrogen-bond donors (Lipinski definition) is 1. The van der Waals surface area contributed by atoms with E-state index >= 15 is 0 Å². The molecule has 142 valence electrons. The highest BCUT2D eigenvalue weighted by atomic mass is 16.6. The van der Waals surface area contributed by atoms with Gasteiger partial charge in [0, 0.05) is 31.1 Å². The molecule has 0 saturated carbocycles. The van der Waals surface area contributed by atoms with E-state index in [2.05, 4.69) is 40.5 Å². The van der Waals surface area contributed by atoms with Crippen molar-refractivity contribution in [2.75, 3.05) is 26.3 Å². The van der Waals surface area contributed by atoms with Crippen LogP contribution in [-0.2, 0) is 20.7 Å². The van der Waals surface area contributed by atoms with Gasteiger partial charge in [-0.05, 0) is 31.4 Å². The summed E-state index contributed by atoms with van der Waals surface area (Å²) in [4.78, 5) is 14.5. The highest BCUT2D eigenvalue weighted by Gasteiger charge is 2.30. The van der Waals surface area contributed by atoms with Crippen LogP contribution in [0, 0.1) is 0 Å². The maximum atomic E-state index is 12.7. The predicted octanol–water partition coefficient (Wildman–Crippen LogP) is 2.98. The molecule has 6 heteroatoms. The molecule has 6 nitrogen and oxygen atoms in total. The first-order chi connectivity index (χ1) is 13.2. The molecule has 3 heterocycles. The summed E-state index contributed by atoms with van der Waals surface area (Å²) in [6, 6.07) is 12.5. The van der Waals surface area contributed by atoms with Gasteiger partial charge in [-0.25, -0.2) is 0 Å². The molecule has 1 N–H and O–H groups in total. The normalized spacial score (nSPS) is 18.2. The van der Waals surface area contributed by atoms with Crippen molar-refractivity contribution in [3.63, 3.8) is 0 Å². The van der Waals surface area contributed by atoms with Gasteiger partial charge >= 0.3 is 0 Å². The van der Waals surface area contributed by atoms with E-state index in [1.165, 1.54) is 5.56 Å². The van der Waals surface area contributed by atoms with Crippen LogP contribution >= 0.6 is 0 Å². The lowest BCUT2D eigenvalue weighted by atomic mass is 9.93. The molecule has 1 fully saturated rings. The van der Waals surface area contributed by atoms with Gasteiger partial charge in [-0.2, -0.15) is 5.10 Å². The molecule has 0 unspecified atom stereocenters. The molecule has 1 saturated heterocycles. The van der Waals surface area contributed by atoms with Crippen LogP contribution in [0.15, 0.2) is 47.9 Å².